The van der Waals surface area contributed by atoms with Gasteiger partial charge < -0.3 is 14.5 Å². The van der Waals surface area contributed by atoms with Crippen LogP contribution >= 0.6 is 0 Å². The highest BCUT2D eigenvalue weighted by atomic mass is 19.3. The molecule has 0 atom stereocenters. The summed E-state index contributed by atoms with van der Waals surface area (Å²) in [4.78, 5) is 20.5. The lowest BCUT2D eigenvalue weighted by Crippen LogP contribution is -2.36. The molecule has 3 aliphatic heterocycles. The number of halogens is 2. The molecule has 3 aliphatic rings. The van der Waals surface area contributed by atoms with E-state index < -0.39 is 6.43 Å². The van der Waals surface area contributed by atoms with Gasteiger partial charge in [-0.1, -0.05) is 0 Å². The summed E-state index contributed by atoms with van der Waals surface area (Å²) in [6.45, 7) is 6.51. The van der Waals surface area contributed by atoms with E-state index in [1.165, 1.54) is 0 Å². The zero-order valence-corrected chi connectivity index (χ0v) is 18.6. The number of carbonyl (C=O) groups excluding carboxylic acids is 1. The number of pyridine rings is 1. The molecule has 32 heavy (non-hydrogen) atoms. The fourth-order valence-electron chi connectivity index (χ4n) is 5.19. The summed E-state index contributed by atoms with van der Waals surface area (Å²) in [5, 5.41) is 5.06. The number of alkyl halides is 2. The first-order chi connectivity index (χ1) is 15.4. The van der Waals surface area contributed by atoms with Crippen LogP contribution in [0.2, 0.25) is 0 Å². The minimum Gasteiger partial charge on any atom is -0.381 e. The number of amides is 1. The highest BCUT2D eigenvalue weighted by Crippen LogP contribution is 2.40. The van der Waals surface area contributed by atoms with Gasteiger partial charge in [0.2, 0.25) is 5.91 Å². The molecule has 1 saturated heterocycles. The Balaban J connectivity index is 1.62. The molecule has 1 fully saturated rings. The van der Waals surface area contributed by atoms with E-state index in [0.29, 0.717) is 38.5 Å². The number of aromatic nitrogens is 3. The standard InChI is InChI=1S/C23H29F2N5O2/c1-14-17(22(24)25)12-21-19(26-14)4-3-8-29(21)23-18-13-28(15(2)31)9-5-20(18)30(27-23)16-6-10-32-11-7-16/h12,16,22H,3-11,13H2,1-2H3. The Labute approximate surface area is 186 Å². The van der Waals surface area contributed by atoms with Crippen molar-refractivity contribution in [2.24, 2.45) is 0 Å². The van der Waals surface area contributed by atoms with Gasteiger partial charge in [0.1, 0.15) is 0 Å². The van der Waals surface area contributed by atoms with E-state index in [0.717, 1.165) is 60.6 Å². The average molecular weight is 446 g/mol. The number of aryl methyl sites for hydroxylation is 2. The predicted octanol–water partition coefficient (Wildman–Crippen LogP) is 3.86. The normalized spacial score (nSPS) is 19.3. The topological polar surface area (TPSA) is 63.5 Å². The van der Waals surface area contributed by atoms with Gasteiger partial charge in [0.05, 0.1) is 24.0 Å². The Morgan fingerprint density at radius 2 is 2.00 bits per heavy atom. The molecule has 2 aromatic rings. The first-order valence-corrected chi connectivity index (χ1v) is 11.4. The van der Waals surface area contributed by atoms with Crippen molar-refractivity contribution in [1.82, 2.24) is 19.7 Å². The third kappa shape index (κ3) is 3.66. The molecule has 7 nitrogen and oxygen atoms in total. The first kappa shape index (κ1) is 21.3. The molecule has 0 aliphatic carbocycles. The number of anilines is 2. The van der Waals surface area contributed by atoms with Crippen LogP contribution in [-0.2, 0) is 28.9 Å². The lowest BCUT2D eigenvalue weighted by atomic mass is 10.0. The van der Waals surface area contributed by atoms with Crippen LogP contribution in [0.25, 0.3) is 0 Å². The summed E-state index contributed by atoms with van der Waals surface area (Å²) < 4.78 is 35.0. The number of nitrogens with zero attached hydrogens (tertiary/aromatic N) is 5. The Morgan fingerprint density at radius 1 is 1.22 bits per heavy atom. The van der Waals surface area contributed by atoms with Crippen molar-refractivity contribution >= 4 is 17.4 Å². The first-order valence-electron chi connectivity index (χ1n) is 11.4. The number of hydrogen-bond donors (Lipinski definition) is 0. The van der Waals surface area contributed by atoms with Crippen molar-refractivity contribution in [2.75, 3.05) is 31.2 Å². The summed E-state index contributed by atoms with van der Waals surface area (Å²) >= 11 is 0. The zero-order chi connectivity index (χ0) is 22.4. The van der Waals surface area contributed by atoms with Gasteiger partial charge in [0.25, 0.3) is 6.43 Å². The molecule has 0 N–H and O–H groups in total. The van der Waals surface area contributed by atoms with Crippen LogP contribution in [0.1, 0.15) is 66.9 Å². The highest BCUT2D eigenvalue weighted by Gasteiger charge is 2.34. The van der Waals surface area contributed by atoms with Gasteiger partial charge in [-0.05, 0) is 38.7 Å². The number of hydrogen-bond acceptors (Lipinski definition) is 5. The second kappa shape index (κ2) is 8.42. The Morgan fingerprint density at radius 3 is 2.72 bits per heavy atom. The van der Waals surface area contributed by atoms with Crippen LogP contribution in [0.4, 0.5) is 20.3 Å². The van der Waals surface area contributed by atoms with Gasteiger partial charge in [0.15, 0.2) is 5.82 Å². The molecule has 0 saturated carbocycles. The largest absolute Gasteiger partial charge is 0.381 e. The van der Waals surface area contributed by atoms with E-state index in [9.17, 15) is 13.6 Å². The summed E-state index contributed by atoms with van der Waals surface area (Å²) in [5.41, 5.74) is 4.11. The Kier molecular flexibility index (Phi) is 5.61. The molecule has 0 bridgehead atoms. The predicted molar refractivity (Wildman–Crippen MR) is 115 cm³/mol. The molecule has 9 heteroatoms. The second-order valence-corrected chi connectivity index (χ2v) is 8.91. The highest BCUT2D eigenvalue weighted by molar-refractivity contribution is 5.75. The van der Waals surface area contributed by atoms with E-state index in [2.05, 4.69) is 14.6 Å². The second-order valence-electron chi connectivity index (χ2n) is 8.91. The van der Waals surface area contributed by atoms with Gasteiger partial charge >= 0.3 is 0 Å². The zero-order valence-electron chi connectivity index (χ0n) is 18.6. The SMILES string of the molecule is CC(=O)N1CCc2c(c(N3CCCc4nc(C)c(C(F)F)cc43)nn2C2CCOCC2)C1. The van der Waals surface area contributed by atoms with Crippen molar-refractivity contribution in [3.8, 4) is 0 Å². The molecule has 0 spiro atoms. The van der Waals surface area contributed by atoms with Crippen molar-refractivity contribution in [3.05, 3.63) is 34.3 Å². The van der Waals surface area contributed by atoms with Crippen LogP contribution in [0.5, 0.6) is 0 Å². The molecular formula is C23H29F2N5O2. The molecule has 0 unspecified atom stereocenters. The molecule has 0 radical (unpaired) electrons. The fraction of sp³-hybridized carbons (Fsp3) is 0.609. The van der Waals surface area contributed by atoms with Gasteiger partial charge in [-0.25, -0.2) is 8.78 Å². The lowest BCUT2D eigenvalue weighted by molar-refractivity contribution is -0.129. The van der Waals surface area contributed by atoms with Crippen LogP contribution in [-0.4, -0.2) is 51.9 Å². The molecule has 5 rings (SSSR count). The minimum absolute atomic E-state index is 0.0289. The quantitative estimate of drug-likeness (QED) is 0.718. The van der Waals surface area contributed by atoms with Crippen molar-refractivity contribution in [1.29, 1.82) is 0 Å². The summed E-state index contributed by atoms with van der Waals surface area (Å²) in [5.74, 6) is 0.820. The van der Waals surface area contributed by atoms with Gasteiger partial charge in [-0.2, -0.15) is 5.10 Å². The molecule has 5 heterocycles. The summed E-state index contributed by atoms with van der Waals surface area (Å²) in [7, 11) is 0. The minimum atomic E-state index is -2.57. The van der Waals surface area contributed by atoms with Gasteiger partial charge in [-0.15, -0.1) is 0 Å². The third-order valence-electron chi connectivity index (χ3n) is 6.93. The van der Waals surface area contributed by atoms with Crippen molar-refractivity contribution in [2.45, 2.75) is 65.0 Å². The lowest BCUT2D eigenvalue weighted by Gasteiger charge is -2.32. The van der Waals surface area contributed by atoms with E-state index in [1.807, 2.05) is 4.90 Å². The van der Waals surface area contributed by atoms with Crippen LogP contribution in [0, 0.1) is 6.92 Å². The van der Waals surface area contributed by atoms with Crippen molar-refractivity contribution in [3.63, 3.8) is 0 Å². The molecule has 172 valence electrons. The van der Waals surface area contributed by atoms with E-state index in [-0.39, 0.29) is 17.5 Å². The number of ether oxygens (including phenoxy) is 1. The molecular weight excluding hydrogens is 416 g/mol. The Hall–Kier alpha value is -2.55. The Bertz CT molecular complexity index is 1030. The number of carbonyl (C=O) groups is 1. The number of fused-ring (bicyclic) bond motifs is 2. The summed E-state index contributed by atoms with van der Waals surface area (Å²) in [6.07, 6.45) is 1.61. The molecule has 1 amide bonds. The fourth-order valence-corrected chi connectivity index (χ4v) is 5.19. The summed E-state index contributed by atoms with van der Waals surface area (Å²) in [6, 6.07) is 1.85. The van der Waals surface area contributed by atoms with E-state index in [4.69, 9.17) is 9.84 Å². The molecule has 0 aromatic carbocycles. The smallest absolute Gasteiger partial charge is 0.265 e. The number of rotatable bonds is 3. The average Bonchev–Trinajstić information content (AvgIpc) is 3.17. The maximum absolute atomic E-state index is 13.7. The maximum Gasteiger partial charge on any atom is 0.265 e. The monoisotopic (exact) mass is 445 g/mol. The van der Waals surface area contributed by atoms with Crippen LogP contribution < -0.4 is 4.90 Å². The van der Waals surface area contributed by atoms with E-state index in [1.54, 1.807) is 19.9 Å². The van der Waals surface area contributed by atoms with Gasteiger partial charge in [-0.3, -0.25) is 14.5 Å². The van der Waals surface area contributed by atoms with Gasteiger partial charge in [0, 0.05) is 62.2 Å². The van der Waals surface area contributed by atoms with Crippen LogP contribution in [0.3, 0.4) is 0 Å². The third-order valence-corrected chi connectivity index (χ3v) is 6.93. The van der Waals surface area contributed by atoms with E-state index >= 15 is 0 Å². The van der Waals surface area contributed by atoms with Crippen molar-refractivity contribution < 1.29 is 18.3 Å². The maximum atomic E-state index is 13.7. The van der Waals surface area contributed by atoms with Crippen LogP contribution in [0.15, 0.2) is 6.07 Å². The molecule has 2 aromatic heterocycles.